The molecule has 2 rings (SSSR count). The van der Waals surface area contributed by atoms with Crippen LogP contribution in [-0.4, -0.2) is 37.0 Å². The molecule has 1 unspecified atom stereocenters. The van der Waals surface area contributed by atoms with E-state index in [2.05, 4.69) is 10.6 Å². The molecule has 1 atom stereocenters. The van der Waals surface area contributed by atoms with Crippen molar-refractivity contribution in [3.05, 3.63) is 60.2 Å². The Labute approximate surface area is 164 Å². The zero-order valence-corrected chi connectivity index (χ0v) is 15.9. The number of rotatable bonds is 9. The van der Waals surface area contributed by atoms with Gasteiger partial charge in [-0.05, 0) is 43.2 Å². The minimum absolute atomic E-state index is 0.221. The van der Waals surface area contributed by atoms with Gasteiger partial charge in [-0.1, -0.05) is 37.3 Å². The van der Waals surface area contributed by atoms with E-state index in [4.69, 9.17) is 9.47 Å². The predicted molar refractivity (Wildman–Crippen MR) is 105 cm³/mol. The Morgan fingerprint density at radius 1 is 1.00 bits per heavy atom. The van der Waals surface area contributed by atoms with E-state index >= 15 is 0 Å². The maximum absolute atomic E-state index is 12.1. The summed E-state index contributed by atoms with van der Waals surface area (Å²) in [5.74, 6) is -1.07. The number of esters is 1. The molecule has 2 N–H and O–H groups in total. The molecule has 7 heteroatoms. The standard InChI is InChI=1S/C21H24N2O5/c1-3-16-9-11-17(12-10-16)23-21(26)15(2)28-20(25)13-22-19(24)14-27-18-7-5-4-6-8-18/h4-12,15H,3,13-14H2,1-2H3,(H,22,24)(H,23,26). The number of benzene rings is 2. The van der Waals surface area contributed by atoms with E-state index in [1.54, 1.807) is 36.4 Å². The SMILES string of the molecule is CCc1ccc(NC(=O)C(C)OC(=O)CNC(=O)COc2ccccc2)cc1. The van der Waals surface area contributed by atoms with Gasteiger partial charge in [0.2, 0.25) is 0 Å². The first-order valence-corrected chi connectivity index (χ1v) is 9.01. The average Bonchev–Trinajstić information content (AvgIpc) is 2.72. The third-order valence-electron chi connectivity index (χ3n) is 3.85. The third-order valence-corrected chi connectivity index (χ3v) is 3.85. The van der Waals surface area contributed by atoms with Crippen molar-refractivity contribution >= 4 is 23.5 Å². The van der Waals surface area contributed by atoms with Gasteiger partial charge in [0.15, 0.2) is 12.7 Å². The van der Waals surface area contributed by atoms with Crippen molar-refractivity contribution in [1.29, 1.82) is 0 Å². The molecule has 0 heterocycles. The topological polar surface area (TPSA) is 93.7 Å². The van der Waals surface area contributed by atoms with E-state index < -0.39 is 23.9 Å². The van der Waals surface area contributed by atoms with Crippen molar-refractivity contribution < 1.29 is 23.9 Å². The summed E-state index contributed by atoms with van der Waals surface area (Å²) in [6, 6.07) is 16.3. The number of aryl methyl sites for hydroxylation is 1. The van der Waals surface area contributed by atoms with Crippen LogP contribution in [0.2, 0.25) is 0 Å². The molecule has 28 heavy (non-hydrogen) atoms. The van der Waals surface area contributed by atoms with E-state index in [0.717, 1.165) is 12.0 Å². The highest BCUT2D eigenvalue weighted by Gasteiger charge is 2.18. The van der Waals surface area contributed by atoms with Crippen LogP contribution in [0.3, 0.4) is 0 Å². The van der Waals surface area contributed by atoms with Crippen LogP contribution in [-0.2, 0) is 25.5 Å². The molecular formula is C21H24N2O5. The first-order chi connectivity index (χ1) is 13.5. The Bertz CT molecular complexity index is 790. The smallest absolute Gasteiger partial charge is 0.326 e. The van der Waals surface area contributed by atoms with Crippen molar-refractivity contribution in [2.24, 2.45) is 0 Å². The van der Waals surface area contributed by atoms with E-state index in [1.807, 2.05) is 25.1 Å². The summed E-state index contributed by atoms with van der Waals surface area (Å²) < 4.78 is 10.3. The molecule has 0 aliphatic carbocycles. The lowest BCUT2D eigenvalue weighted by Crippen LogP contribution is -2.37. The molecule has 148 valence electrons. The van der Waals surface area contributed by atoms with Crippen molar-refractivity contribution in [3.63, 3.8) is 0 Å². The molecular weight excluding hydrogens is 360 g/mol. The number of carbonyl (C=O) groups is 3. The molecule has 0 bridgehead atoms. The molecule has 0 fully saturated rings. The Balaban J connectivity index is 1.69. The molecule has 0 radical (unpaired) electrons. The molecule has 2 aromatic carbocycles. The molecule has 0 saturated carbocycles. The van der Waals surface area contributed by atoms with Crippen LogP contribution in [0.25, 0.3) is 0 Å². The van der Waals surface area contributed by atoms with Crippen molar-refractivity contribution in [2.45, 2.75) is 26.4 Å². The second-order valence-corrected chi connectivity index (χ2v) is 6.05. The summed E-state index contributed by atoms with van der Waals surface area (Å²) in [4.78, 5) is 35.6. The van der Waals surface area contributed by atoms with Crippen LogP contribution in [0.15, 0.2) is 54.6 Å². The van der Waals surface area contributed by atoms with Gasteiger partial charge in [0.25, 0.3) is 11.8 Å². The van der Waals surface area contributed by atoms with Crippen LogP contribution >= 0.6 is 0 Å². The Morgan fingerprint density at radius 2 is 1.68 bits per heavy atom. The number of hydrogen-bond donors (Lipinski definition) is 2. The number of para-hydroxylation sites is 1. The zero-order chi connectivity index (χ0) is 20.4. The van der Waals surface area contributed by atoms with Crippen LogP contribution in [0.5, 0.6) is 5.75 Å². The van der Waals surface area contributed by atoms with Gasteiger partial charge in [-0.25, -0.2) is 0 Å². The molecule has 0 aromatic heterocycles. The lowest BCUT2D eigenvalue weighted by Gasteiger charge is -2.14. The first kappa shape index (κ1) is 21.0. The van der Waals surface area contributed by atoms with E-state index in [-0.39, 0.29) is 13.2 Å². The minimum atomic E-state index is -0.990. The fourth-order valence-electron chi connectivity index (χ4n) is 2.25. The van der Waals surface area contributed by atoms with Crippen LogP contribution in [0.1, 0.15) is 19.4 Å². The maximum Gasteiger partial charge on any atom is 0.326 e. The summed E-state index contributed by atoms with van der Waals surface area (Å²) in [6.45, 7) is 2.94. The molecule has 0 spiro atoms. The van der Waals surface area contributed by atoms with Crippen molar-refractivity contribution in [3.8, 4) is 5.75 Å². The molecule has 0 saturated heterocycles. The normalized spacial score (nSPS) is 11.2. The Kier molecular flexibility index (Phi) is 8.02. The highest BCUT2D eigenvalue weighted by Crippen LogP contribution is 2.11. The molecule has 2 aromatic rings. The predicted octanol–water partition coefficient (Wildman–Crippen LogP) is 2.31. The highest BCUT2D eigenvalue weighted by molar-refractivity contribution is 5.95. The van der Waals surface area contributed by atoms with Gasteiger partial charge in [-0.15, -0.1) is 0 Å². The van der Waals surface area contributed by atoms with Gasteiger partial charge >= 0.3 is 5.97 Å². The average molecular weight is 384 g/mol. The maximum atomic E-state index is 12.1. The largest absolute Gasteiger partial charge is 0.484 e. The second-order valence-electron chi connectivity index (χ2n) is 6.05. The van der Waals surface area contributed by atoms with Gasteiger partial charge < -0.3 is 20.1 Å². The van der Waals surface area contributed by atoms with Crippen LogP contribution in [0, 0.1) is 0 Å². The van der Waals surface area contributed by atoms with Crippen molar-refractivity contribution in [1.82, 2.24) is 5.32 Å². The quantitative estimate of drug-likeness (QED) is 0.647. The summed E-state index contributed by atoms with van der Waals surface area (Å²) in [6.07, 6.45) is -0.0829. The lowest BCUT2D eigenvalue weighted by atomic mass is 10.1. The molecule has 2 amide bonds. The number of amides is 2. The summed E-state index contributed by atoms with van der Waals surface area (Å²) in [5, 5.41) is 5.07. The Morgan fingerprint density at radius 3 is 2.32 bits per heavy atom. The van der Waals surface area contributed by atoms with Gasteiger partial charge in [-0.2, -0.15) is 0 Å². The number of nitrogens with one attached hydrogen (secondary N) is 2. The van der Waals surface area contributed by atoms with Crippen LogP contribution in [0.4, 0.5) is 5.69 Å². The van der Waals surface area contributed by atoms with Gasteiger partial charge in [-0.3, -0.25) is 14.4 Å². The third kappa shape index (κ3) is 7.11. The van der Waals surface area contributed by atoms with Crippen LogP contribution < -0.4 is 15.4 Å². The fraction of sp³-hybridized carbons (Fsp3) is 0.286. The van der Waals surface area contributed by atoms with E-state index in [1.165, 1.54) is 6.92 Å². The Hall–Kier alpha value is -3.35. The fourth-order valence-corrected chi connectivity index (χ4v) is 2.25. The van der Waals surface area contributed by atoms with Gasteiger partial charge in [0.05, 0.1) is 0 Å². The molecule has 0 aliphatic rings. The summed E-state index contributed by atoms with van der Waals surface area (Å²) >= 11 is 0. The van der Waals surface area contributed by atoms with Crippen molar-refractivity contribution in [2.75, 3.05) is 18.5 Å². The zero-order valence-electron chi connectivity index (χ0n) is 15.9. The highest BCUT2D eigenvalue weighted by atomic mass is 16.5. The van der Waals surface area contributed by atoms with E-state index in [0.29, 0.717) is 11.4 Å². The van der Waals surface area contributed by atoms with E-state index in [9.17, 15) is 14.4 Å². The molecule has 7 nitrogen and oxygen atoms in total. The molecule has 0 aliphatic heterocycles. The van der Waals surface area contributed by atoms with Gasteiger partial charge in [0, 0.05) is 5.69 Å². The monoisotopic (exact) mass is 384 g/mol. The lowest BCUT2D eigenvalue weighted by molar-refractivity contribution is -0.152. The number of ether oxygens (including phenoxy) is 2. The minimum Gasteiger partial charge on any atom is -0.484 e. The van der Waals surface area contributed by atoms with Gasteiger partial charge in [0.1, 0.15) is 12.3 Å². The number of hydrogen-bond acceptors (Lipinski definition) is 5. The summed E-state index contributed by atoms with van der Waals surface area (Å²) in [7, 11) is 0. The summed E-state index contributed by atoms with van der Waals surface area (Å²) in [5.41, 5.74) is 1.78. The second kappa shape index (κ2) is 10.7. The number of anilines is 1. The number of carbonyl (C=O) groups excluding carboxylic acids is 3. The first-order valence-electron chi connectivity index (χ1n) is 9.01.